The maximum absolute atomic E-state index is 13.6. The van der Waals surface area contributed by atoms with E-state index in [0.717, 1.165) is 0 Å². The van der Waals surface area contributed by atoms with Gasteiger partial charge in [-0.1, -0.05) is 42.5 Å². The van der Waals surface area contributed by atoms with Crippen molar-refractivity contribution >= 4 is 29.0 Å². The molecule has 1 heterocycles. The molecule has 1 unspecified atom stereocenters. The third kappa shape index (κ3) is 3.91. The molecule has 3 aromatic carbocycles. The summed E-state index contributed by atoms with van der Waals surface area (Å²) in [4.78, 5) is 28.6. The molecule has 0 radical (unpaired) electrons. The first-order valence-electron chi connectivity index (χ1n) is 9.06. The van der Waals surface area contributed by atoms with E-state index in [1.165, 1.54) is 12.1 Å². The highest BCUT2D eigenvalue weighted by atomic mass is 19.1. The average Bonchev–Trinajstić information content (AvgIpc) is 3.01. The summed E-state index contributed by atoms with van der Waals surface area (Å²) in [6.45, 7) is 0. The number of aliphatic carboxylic acids is 1. The number of aliphatic imine (C=N–C) groups is 1. The molecule has 0 saturated carbocycles. The van der Waals surface area contributed by atoms with Gasteiger partial charge in [-0.25, -0.2) is 4.39 Å². The van der Waals surface area contributed by atoms with E-state index in [2.05, 4.69) is 5.32 Å². The number of hydrogen-bond donors (Lipinski definition) is 2. The number of carboxylic acids is 1. The Bertz CT molecular complexity index is 1130. The van der Waals surface area contributed by atoms with Gasteiger partial charge in [0.2, 0.25) is 5.91 Å². The van der Waals surface area contributed by atoms with Gasteiger partial charge in [0.25, 0.3) is 0 Å². The zero-order valence-corrected chi connectivity index (χ0v) is 15.3. The molecule has 144 valence electrons. The first kappa shape index (κ1) is 18.6. The summed E-state index contributed by atoms with van der Waals surface area (Å²) in [6, 6.07) is 20.3. The van der Waals surface area contributed by atoms with Crippen LogP contribution >= 0.6 is 0 Å². The second-order valence-corrected chi connectivity index (χ2v) is 6.76. The molecule has 29 heavy (non-hydrogen) atoms. The number of rotatable bonds is 5. The lowest BCUT2D eigenvalue weighted by Crippen LogP contribution is -2.22. The molecule has 0 aliphatic carbocycles. The van der Waals surface area contributed by atoms with Gasteiger partial charge in [0.05, 0.1) is 17.8 Å². The van der Waals surface area contributed by atoms with Crippen LogP contribution in [0.2, 0.25) is 0 Å². The Labute approximate surface area is 166 Å². The first-order valence-corrected chi connectivity index (χ1v) is 9.06. The molecule has 6 heteroatoms. The maximum atomic E-state index is 13.6. The van der Waals surface area contributed by atoms with Crippen molar-refractivity contribution in [3.05, 3.63) is 95.3 Å². The van der Waals surface area contributed by atoms with Crippen LogP contribution in [0.1, 0.15) is 22.6 Å². The molecular weight excluding hydrogens is 371 g/mol. The summed E-state index contributed by atoms with van der Waals surface area (Å²) in [5, 5.41) is 11.8. The molecular formula is C23H17FN2O3. The largest absolute Gasteiger partial charge is 0.481 e. The Morgan fingerprint density at radius 2 is 1.83 bits per heavy atom. The maximum Gasteiger partial charge on any atom is 0.307 e. The van der Waals surface area contributed by atoms with Crippen LogP contribution in [-0.2, 0) is 16.0 Å². The van der Waals surface area contributed by atoms with E-state index < -0.39 is 17.7 Å². The van der Waals surface area contributed by atoms with Gasteiger partial charge < -0.3 is 10.4 Å². The summed E-state index contributed by atoms with van der Waals surface area (Å²) in [5.74, 6) is -2.41. The number of anilines is 1. The summed E-state index contributed by atoms with van der Waals surface area (Å²) in [6.07, 6.45) is -0.134. The summed E-state index contributed by atoms with van der Waals surface area (Å²) in [7, 11) is 0. The fourth-order valence-electron chi connectivity index (χ4n) is 3.46. The molecule has 0 saturated heterocycles. The Hall–Kier alpha value is -3.80. The lowest BCUT2D eigenvalue weighted by atomic mass is 9.89. The van der Waals surface area contributed by atoms with Crippen molar-refractivity contribution in [1.82, 2.24) is 0 Å². The molecule has 1 atom stereocenters. The number of carboxylic acid groups (broad SMARTS) is 1. The van der Waals surface area contributed by atoms with Crippen LogP contribution in [0.3, 0.4) is 0 Å². The second kappa shape index (κ2) is 7.67. The molecule has 2 N–H and O–H groups in total. The average molecular weight is 388 g/mol. The molecule has 1 aliphatic rings. The van der Waals surface area contributed by atoms with Crippen LogP contribution in [0.5, 0.6) is 0 Å². The van der Waals surface area contributed by atoms with Gasteiger partial charge in [0.15, 0.2) is 0 Å². The van der Waals surface area contributed by atoms with Crippen molar-refractivity contribution < 1.29 is 19.1 Å². The molecule has 4 rings (SSSR count). The first-order chi connectivity index (χ1) is 14.0. The lowest BCUT2D eigenvalue weighted by Gasteiger charge is -2.15. The fraction of sp³-hybridized carbons (Fsp3) is 0.0870. The number of carbonyl (C=O) groups excluding carboxylic acids is 1. The topological polar surface area (TPSA) is 78.8 Å². The quantitative estimate of drug-likeness (QED) is 0.640. The highest BCUT2D eigenvalue weighted by Gasteiger charge is 2.35. The van der Waals surface area contributed by atoms with Crippen molar-refractivity contribution in [3.8, 4) is 0 Å². The van der Waals surface area contributed by atoms with Crippen LogP contribution in [-0.4, -0.2) is 22.7 Å². The van der Waals surface area contributed by atoms with Gasteiger partial charge in [-0.3, -0.25) is 14.6 Å². The number of hydrogen-bond acceptors (Lipinski definition) is 3. The predicted octanol–water partition coefficient (Wildman–Crippen LogP) is 4.31. The number of para-hydroxylation sites is 1. The van der Waals surface area contributed by atoms with E-state index in [1.54, 1.807) is 30.3 Å². The van der Waals surface area contributed by atoms with Crippen molar-refractivity contribution in [3.63, 3.8) is 0 Å². The molecule has 0 aromatic heterocycles. The van der Waals surface area contributed by atoms with Gasteiger partial charge in [-0.05, 0) is 47.0 Å². The number of amides is 1. The fourth-order valence-corrected chi connectivity index (χ4v) is 3.46. The molecule has 0 fully saturated rings. The smallest absolute Gasteiger partial charge is 0.307 e. The van der Waals surface area contributed by atoms with Gasteiger partial charge in [0.1, 0.15) is 11.7 Å². The predicted molar refractivity (Wildman–Crippen MR) is 108 cm³/mol. The summed E-state index contributed by atoms with van der Waals surface area (Å²) in [5.41, 5.74) is 3.44. The number of nitrogens with one attached hydrogen (secondary N) is 1. The minimum Gasteiger partial charge on any atom is -0.481 e. The Kier molecular flexibility index (Phi) is 4.91. The van der Waals surface area contributed by atoms with Gasteiger partial charge in [0, 0.05) is 5.69 Å². The third-order valence-electron chi connectivity index (χ3n) is 4.70. The molecule has 1 amide bonds. The second-order valence-electron chi connectivity index (χ2n) is 6.76. The number of halogens is 1. The number of fused-ring (bicyclic) bond motifs is 1. The van der Waals surface area contributed by atoms with Crippen molar-refractivity contribution in [2.45, 2.75) is 12.3 Å². The summed E-state index contributed by atoms with van der Waals surface area (Å²) < 4.78 is 13.6. The van der Waals surface area contributed by atoms with Gasteiger partial charge in [-0.2, -0.15) is 0 Å². The third-order valence-corrected chi connectivity index (χ3v) is 4.70. The van der Waals surface area contributed by atoms with E-state index in [1.807, 2.05) is 30.3 Å². The monoisotopic (exact) mass is 388 g/mol. The van der Waals surface area contributed by atoms with E-state index >= 15 is 0 Å². The minimum absolute atomic E-state index is 0.134. The molecule has 0 bridgehead atoms. The van der Waals surface area contributed by atoms with Gasteiger partial charge >= 0.3 is 5.97 Å². The Morgan fingerprint density at radius 3 is 2.59 bits per heavy atom. The Balaban J connectivity index is 1.86. The number of nitrogens with zero attached hydrogens (tertiary/aromatic N) is 1. The van der Waals surface area contributed by atoms with Crippen molar-refractivity contribution in [1.29, 1.82) is 0 Å². The number of carbonyl (C=O) groups is 2. The Morgan fingerprint density at radius 1 is 1.03 bits per heavy atom. The normalized spacial score (nSPS) is 15.7. The standard InChI is InChI=1S/C23H17FN2O3/c24-16-9-10-18-19(13-16)26-23(29)21(18)22(25-17-7-2-1-3-8-17)15-6-4-5-14(11-15)12-20(27)28/h1-11,13,21H,12H2,(H,26,29)(H,27,28). The van der Waals surface area contributed by atoms with Crippen LogP contribution in [0.4, 0.5) is 15.8 Å². The van der Waals surface area contributed by atoms with Crippen LogP contribution in [0, 0.1) is 5.82 Å². The molecule has 3 aromatic rings. The van der Waals surface area contributed by atoms with Crippen molar-refractivity contribution in [2.75, 3.05) is 5.32 Å². The van der Waals surface area contributed by atoms with Crippen LogP contribution in [0.25, 0.3) is 0 Å². The minimum atomic E-state index is -0.942. The zero-order chi connectivity index (χ0) is 20.4. The van der Waals surface area contributed by atoms with E-state index in [9.17, 15) is 14.0 Å². The molecule has 5 nitrogen and oxygen atoms in total. The lowest BCUT2D eigenvalue weighted by molar-refractivity contribution is -0.136. The van der Waals surface area contributed by atoms with Crippen LogP contribution in [0.15, 0.2) is 77.8 Å². The molecule has 0 spiro atoms. The zero-order valence-electron chi connectivity index (χ0n) is 15.3. The van der Waals surface area contributed by atoms with Gasteiger partial charge in [-0.15, -0.1) is 0 Å². The number of benzene rings is 3. The van der Waals surface area contributed by atoms with E-state index in [4.69, 9.17) is 10.1 Å². The molecule has 1 aliphatic heterocycles. The van der Waals surface area contributed by atoms with Crippen LogP contribution < -0.4 is 5.32 Å². The van der Waals surface area contributed by atoms with Crippen molar-refractivity contribution in [2.24, 2.45) is 4.99 Å². The summed E-state index contributed by atoms with van der Waals surface area (Å²) >= 11 is 0. The van der Waals surface area contributed by atoms with E-state index in [0.29, 0.717) is 33.8 Å². The SMILES string of the molecule is O=C(O)Cc1cccc(C(=Nc2ccccc2)C2C(=O)Nc3cc(F)ccc32)c1. The highest BCUT2D eigenvalue weighted by Crippen LogP contribution is 2.36. The van der Waals surface area contributed by atoms with E-state index in [-0.39, 0.29) is 12.3 Å². The highest BCUT2D eigenvalue weighted by molar-refractivity contribution is 6.24.